The smallest absolute Gasteiger partial charge is 0.147 e. The van der Waals surface area contributed by atoms with Gasteiger partial charge in [0.05, 0.1) is 5.75 Å². The maximum atomic E-state index is 11.1. The molecule has 0 aliphatic carbocycles. The summed E-state index contributed by atoms with van der Waals surface area (Å²) in [6, 6.07) is 4.53. The molecule has 0 fully saturated rings. The lowest BCUT2D eigenvalue weighted by Gasteiger charge is -2.15. The maximum Gasteiger partial charge on any atom is 0.147 e. The molecule has 1 unspecified atom stereocenters. The summed E-state index contributed by atoms with van der Waals surface area (Å²) < 4.78 is 22.2. The summed E-state index contributed by atoms with van der Waals surface area (Å²) in [5.41, 5.74) is 0. The standard InChI is InChI=1S/C12H21NO2S2/c1-13-11(8-10-17(2,14)15)5-3-6-12-7-4-9-16-12/h4,7,9,11,13H,3,5-6,8,10H2,1-2H3. The van der Waals surface area contributed by atoms with E-state index in [9.17, 15) is 8.42 Å². The Balaban J connectivity index is 2.23. The molecular formula is C12H21NO2S2. The monoisotopic (exact) mass is 275 g/mol. The van der Waals surface area contributed by atoms with Crippen molar-refractivity contribution in [1.29, 1.82) is 0 Å². The predicted molar refractivity (Wildman–Crippen MR) is 74.4 cm³/mol. The molecule has 1 atom stereocenters. The molecule has 0 saturated carbocycles. The molecule has 0 aliphatic rings. The van der Waals surface area contributed by atoms with Crippen LogP contribution in [0.25, 0.3) is 0 Å². The highest BCUT2D eigenvalue weighted by Crippen LogP contribution is 2.13. The third-order valence-corrected chi connectivity index (χ3v) is 4.71. The Morgan fingerprint density at radius 2 is 2.18 bits per heavy atom. The Kier molecular flexibility index (Phi) is 6.16. The fourth-order valence-electron chi connectivity index (χ4n) is 1.77. The lowest BCUT2D eigenvalue weighted by atomic mass is 10.1. The van der Waals surface area contributed by atoms with Crippen molar-refractivity contribution in [2.24, 2.45) is 0 Å². The first-order valence-corrected chi connectivity index (χ1v) is 8.82. The van der Waals surface area contributed by atoms with Gasteiger partial charge in [0.25, 0.3) is 0 Å². The molecule has 3 nitrogen and oxygen atoms in total. The van der Waals surface area contributed by atoms with E-state index >= 15 is 0 Å². The lowest BCUT2D eigenvalue weighted by molar-refractivity contribution is 0.489. The van der Waals surface area contributed by atoms with Gasteiger partial charge in [0.15, 0.2) is 0 Å². The summed E-state index contributed by atoms with van der Waals surface area (Å²) in [6.07, 6.45) is 5.24. The Morgan fingerprint density at radius 1 is 1.41 bits per heavy atom. The minimum atomic E-state index is -2.84. The van der Waals surface area contributed by atoms with Gasteiger partial charge in [-0.3, -0.25) is 0 Å². The van der Waals surface area contributed by atoms with E-state index in [4.69, 9.17) is 0 Å². The van der Waals surface area contributed by atoms with Gasteiger partial charge in [-0.25, -0.2) is 8.42 Å². The summed E-state index contributed by atoms with van der Waals surface area (Å²) in [5, 5.41) is 5.29. The van der Waals surface area contributed by atoms with Crippen molar-refractivity contribution < 1.29 is 8.42 Å². The number of rotatable bonds is 8. The first-order chi connectivity index (χ1) is 8.01. The van der Waals surface area contributed by atoms with Crippen LogP contribution in [0.2, 0.25) is 0 Å². The van der Waals surface area contributed by atoms with Crippen molar-refractivity contribution in [2.45, 2.75) is 31.7 Å². The van der Waals surface area contributed by atoms with E-state index < -0.39 is 9.84 Å². The molecular weight excluding hydrogens is 254 g/mol. The highest BCUT2D eigenvalue weighted by atomic mass is 32.2. The molecule has 0 amide bonds. The van der Waals surface area contributed by atoms with Crippen LogP contribution in [0.15, 0.2) is 17.5 Å². The van der Waals surface area contributed by atoms with E-state index in [1.54, 1.807) is 11.3 Å². The molecule has 0 saturated heterocycles. The molecule has 0 bridgehead atoms. The Morgan fingerprint density at radius 3 is 2.71 bits per heavy atom. The van der Waals surface area contributed by atoms with Gasteiger partial charge in [-0.2, -0.15) is 0 Å². The van der Waals surface area contributed by atoms with E-state index in [1.807, 2.05) is 7.05 Å². The van der Waals surface area contributed by atoms with Gasteiger partial charge in [-0.05, 0) is 44.2 Å². The van der Waals surface area contributed by atoms with Crippen molar-refractivity contribution in [1.82, 2.24) is 5.32 Å². The SMILES string of the molecule is CNC(CCCc1cccs1)CCS(C)(=O)=O. The van der Waals surface area contributed by atoms with Crippen molar-refractivity contribution in [2.75, 3.05) is 19.1 Å². The van der Waals surface area contributed by atoms with Crippen molar-refractivity contribution in [3.05, 3.63) is 22.4 Å². The number of hydrogen-bond acceptors (Lipinski definition) is 4. The molecule has 0 aliphatic heterocycles. The van der Waals surface area contributed by atoms with E-state index in [-0.39, 0.29) is 5.75 Å². The van der Waals surface area contributed by atoms with Crippen LogP contribution in [0.5, 0.6) is 0 Å². The van der Waals surface area contributed by atoms with Gasteiger partial charge in [0.1, 0.15) is 9.84 Å². The van der Waals surface area contributed by atoms with Gasteiger partial charge < -0.3 is 5.32 Å². The highest BCUT2D eigenvalue weighted by Gasteiger charge is 2.10. The summed E-state index contributed by atoms with van der Waals surface area (Å²) in [5.74, 6) is 0.275. The van der Waals surface area contributed by atoms with Crippen molar-refractivity contribution in [3.63, 3.8) is 0 Å². The number of thiophene rings is 1. The fourth-order valence-corrected chi connectivity index (χ4v) is 3.23. The van der Waals surface area contributed by atoms with Crippen molar-refractivity contribution in [3.8, 4) is 0 Å². The minimum absolute atomic E-state index is 0.275. The molecule has 0 aromatic carbocycles. The molecule has 1 heterocycles. The minimum Gasteiger partial charge on any atom is -0.317 e. The van der Waals surface area contributed by atoms with Crippen LogP contribution >= 0.6 is 11.3 Å². The number of hydrogen-bond donors (Lipinski definition) is 1. The number of aryl methyl sites for hydroxylation is 1. The van der Waals surface area contributed by atoms with Crippen LogP contribution in [0.4, 0.5) is 0 Å². The van der Waals surface area contributed by atoms with E-state index in [2.05, 4.69) is 22.8 Å². The second-order valence-corrected chi connectivity index (χ2v) is 7.67. The van der Waals surface area contributed by atoms with Crippen LogP contribution in [0.1, 0.15) is 24.1 Å². The lowest BCUT2D eigenvalue weighted by Crippen LogP contribution is -2.27. The Hall–Kier alpha value is -0.390. The number of nitrogens with one attached hydrogen (secondary N) is 1. The van der Waals surface area contributed by atoms with Gasteiger partial charge in [0, 0.05) is 17.2 Å². The van der Waals surface area contributed by atoms with Crippen LogP contribution in [0.3, 0.4) is 0 Å². The summed E-state index contributed by atoms with van der Waals surface area (Å²) in [6.45, 7) is 0. The zero-order valence-electron chi connectivity index (χ0n) is 10.5. The molecule has 1 aromatic rings. The van der Waals surface area contributed by atoms with Crippen LogP contribution in [0, 0.1) is 0 Å². The third-order valence-electron chi connectivity index (χ3n) is 2.80. The first kappa shape index (κ1) is 14.7. The van der Waals surface area contributed by atoms with Gasteiger partial charge in [0.2, 0.25) is 0 Å². The first-order valence-electron chi connectivity index (χ1n) is 5.88. The average molecular weight is 275 g/mol. The topological polar surface area (TPSA) is 46.2 Å². The van der Waals surface area contributed by atoms with Crippen molar-refractivity contribution >= 4 is 21.2 Å². The summed E-state index contributed by atoms with van der Waals surface area (Å²) in [4.78, 5) is 1.41. The molecule has 1 rings (SSSR count). The molecule has 1 aromatic heterocycles. The van der Waals surface area contributed by atoms with Crippen LogP contribution in [-0.4, -0.2) is 33.5 Å². The van der Waals surface area contributed by atoms with Crippen LogP contribution < -0.4 is 5.32 Å². The van der Waals surface area contributed by atoms with E-state index in [0.717, 1.165) is 19.3 Å². The highest BCUT2D eigenvalue weighted by molar-refractivity contribution is 7.90. The third kappa shape index (κ3) is 6.81. The predicted octanol–water partition coefficient (Wildman–Crippen LogP) is 2.09. The second kappa shape index (κ2) is 7.13. The Labute approximate surface area is 108 Å². The van der Waals surface area contributed by atoms with E-state index in [0.29, 0.717) is 12.5 Å². The van der Waals surface area contributed by atoms with Gasteiger partial charge in [-0.15, -0.1) is 11.3 Å². The molecule has 0 spiro atoms. The quantitative estimate of drug-likeness (QED) is 0.790. The summed E-state index contributed by atoms with van der Waals surface area (Å²) in [7, 11) is -0.935. The zero-order chi connectivity index (χ0) is 12.7. The van der Waals surface area contributed by atoms with Gasteiger partial charge >= 0.3 is 0 Å². The summed E-state index contributed by atoms with van der Waals surface area (Å²) >= 11 is 1.78. The molecule has 1 N–H and O–H groups in total. The molecule has 17 heavy (non-hydrogen) atoms. The fraction of sp³-hybridized carbons (Fsp3) is 0.667. The second-order valence-electron chi connectivity index (χ2n) is 4.38. The zero-order valence-corrected chi connectivity index (χ0v) is 12.1. The number of sulfone groups is 1. The van der Waals surface area contributed by atoms with E-state index in [1.165, 1.54) is 11.1 Å². The molecule has 5 heteroatoms. The molecule has 98 valence electrons. The largest absolute Gasteiger partial charge is 0.317 e. The average Bonchev–Trinajstić information content (AvgIpc) is 2.74. The normalized spacial score (nSPS) is 13.8. The molecule has 0 radical (unpaired) electrons. The Bertz CT molecular complexity index is 398. The van der Waals surface area contributed by atoms with Gasteiger partial charge in [-0.1, -0.05) is 6.07 Å². The maximum absolute atomic E-state index is 11.1. The van der Waals surface area contributed by atoms with Crippen LogP contribution in [-0.2, 0) is 16.3 Å².